The maximum Gasteiger partial charge on any atom is 0.0503 e. The molecule has 0 aromatic heterocycles. The van der Waals surface area contributed by atoms with E-state index in [1.165, 1.54) is 55.9 Å². The SMILES string of the molecule is c1ccc(N(c2ccc(N(c3ccccc3)c3cccc4c3Cc3ccccc3-4)cc2)c2cccc3c2Cc2ccccc2-3)cc1. The van der Waals surface area contributed by atoms with Crippen LogP contribution in [0.3, 0.4) is 0 Å². The summed E-state index contributed by atoms with van der Waals surface area (Å²) in [6.45, 7) is 0. The van der Waals surface area contributed by atoms with Gasteiger partial charge in [0.05, 0.1) is 11.4 Å². The standard InChI is InChI=1S/C44H32N2/c1-3-15-33(16-4-1)45(43-23-11-21-39-37-19-9-7-13-31(37)29-41(39)43)35-25-27-36(28-26-35)46(34-17-5-2-6-18-34)44-24-12-22-40-38-20-10-8-14-32(38)30-42(40)44/h1-28H,29-30H2. The Hall–Kier alpha value is -5.86. The van der Waals surface area contributed by atoms with Crippen LogP contribution in [-0.2, 0) is 12.8 Å². The molecule has 218 valence electrons. The second-order valence-corrected chi connectivity index (χ2v) is 12.1. The molecule has 0 spiro atoms. The summed E-state index contributed by atoms with van der Waals surface area (Å²) in [7, 11) is 0. The average molecular weight is 589 g/mol. The molecule has 0 amide bonds. The molecule has 0 N–H and O–H groups in total. The molecule has 0 unspecified atom stereocenters. The summed E-state index contributed by atoms with van der Waals surface area (Å²) < 4.78 is 0. The Bertz CT molecular complexity index is 2040. The van der Waals surface area contributed by atoms with E-state index < -0.39 is 0 Å². The first-order valence-corrected chi connectivity index (χ1v) is 16.0. The Balaban J connectivity index is 1.16. The smallest absolute Gasteiger partial charge is 0.0503 e. The maximum absolute atomic E-state index is 2.41. The zero-order valence-corrected chi connectivity index (χ0v) is 25.5. The summed E-state index contributed by atoms with van der Waals surface area (Å²) in [6.07, 6.45) is 1.87. The van der Waals surface area contributed by atoms with E-state index in [4.69, 9.17) is 0 Å². The predicted octanol–water partition coefficient (Wildman–Crippen LogP) is 11.8. The van der Waals surface area contributed by atoms with Crippen LogP contribution in [0.15, 0.2) is 170 Å². The minimum Gasteiger partial charge on any atom is -0.310 e. The Morgan fingerprint density at radius 3 is 1.07 bits per heavy atom. The van der Waals surface area contributed by atoms with E-state index in [2.05, 4.69) is 180 Å². The molecule has 2 aliphatic rings. The van der Waals surface area contributed by atoms with Crippen molar-refractivity contribution in [3.05, 3.63) is 192 Å². The van der Waals surface area contributed by atoms with Gasteiger partial charge < -0.3 is 9.80 Å². The first kappa shape index (κ1) is 26.5. The molecule has 9 rings (SSSR count). The number of para-hydroxylation sites is 2. The Labute approximate surface area is 270 Å². The van der Waals surface area contributed by atoms with E-state index in [0.717, 1.165) is 35.6 Å². The normalized spacial score (nSPS) is 12.2. The summed E-state index contributed by atoms with van der Waals surface area (Å²) in [5.74, 6) is 0. The quantitative estimate of drug-likeness (QED) is 0.191. The topological polar surface area (TPSA) is 6.48 Å². The molecule has 7 aromatic carbocycles. The van der Waals surface area contributed by atoms with Gasteiger partial charge in [0.25, 0.3) is 0 Å². The highest BCUT2D eigenvalue weighted by Gasteiger charge is 2.27. The van der Waals surface area contributed by atoms with Gasteiger partial charge in [-0.05, 0) is 105 Å². The van der Waals surface area contributed by atoms with Crippen LogP contribution in [0.5, 0.6) is 0 Å². The second-order valence-electron chi connectivity index (χ2n) is 12.1. The van der Waals surface area contributed by atoms with Crippen molar-refractivity contribution in [2.75, 3.05) is 9.80 Å². The van der Waals surface area contributed by atoms with E-state index in [1.807, 2.05) is 0 Å². The molecule has 0 saturated heterocycles. The lowest BCUT2D eigenvalue weighted by molar-refractivity contribution is 1.19. The van der Waals surface area contributed by atoms with Crippen LogP contribution in [0, 0.1) is 0 Å². The molecule has 0 aliphatic heterocycles. The fraction of sp³-hybridized carbons (Fsp3) is 0.0455. The van der Waals surface area contributed by atoms with Crippen LogP contribution >= 0.6 is 0 Å². The highest BCUT2D eigenvalue weighted by molar-refractivity contribution is 5.90. The van der Waals surface area contributed by atoms with Crippen LogP contribution < -0.4 is 9.80 Å². The molecule has 7 aromatic rings. The lowest BCUT2D eigenvalue weighted by Gasteiger charge is -2.30. The first-order valence-electron chi connectivity index (χ1n) is 16.0. The molecule has 46 heavy (non-hydrogen) atoms. The van der Waals surface area contributed by atoms with Crippen LogP contribution in [0.25, 0.3) is 22.3 Å². The third-order valence-corrected chi connectivity index (χ3v) is 9.53. The molecule has 0 heterocycles. The lowest BCUT2D eigenvalue weighted by atomic mass is 10.0. The molecule has 0 fully saturated rings. The number of hydrogen-bond acceptors (Lipinski definition) is 2. The first-order chi connectivity index (χ1) is 22.8. The second kappa shape index (κ2) is 10.9. The third kappa shape index (κ3) is 4.34. The molecule has 2 heteroatoms. The summed E-state index contributed by atoms with van der Waals surface area (Å²) in [5, 5.41) is 0. The van der Waals surface area contributed by atoms with Gasteiger partial charge in [-0.3, -0.25) is 0 Å². The van der Waals surface area contributed by atoms with E-state index >= 15 is 0 Å². The van der Waals surface area contributed by atoms with Crippen LogP contribution in [0.2, 0.25) is 0 Å². The molecular formula is C44H32N2. The summed E-state index contributed by atoms with van der Waals surface area (Å²) in [4.78, 5) is 4.83. The minimum atomic E-state index is 0.937. The van der Waals surface area contributed by atoms with E-state index in [1.54, 1.807) is 0 Å². The van der Waals surface area contributed by atoms with Crippen molar-refractivity contribution in [3.63, 3.8) is 0 Å². The van der Waals surface area contributed by atoms with Gasteiger partial charge in [0.15, 0.2) is 0 Å². The Morgan fingerprint density at radius 1 is 0.283 bits per heavy atom. The zero-order valence-electron chi connectivity index (χ0n) is 25.5. The Kier molecular flexibility index (Phi) is 6.31. The molecule has 2 nitrogen and oxygen atoms in total. The van der Waals surface area contributed by atoms with E-state index in [9.17, 15) is 0 Å². The number of hydrogen-bond donors (Lipinski definition) is 0. The van der Waals surface area contributed by atoms with Gasteiger partial charge in [0, 0.05) is 35.6 Å². The highest BCUT2D eigenvalue weighted by Crippen LogP contribution is 2.48. The molecular weight excluding hydrogens is 556 g/mol. The van der Waals surface area contributed by atoms with Gasteiger partial charge in [0.2, 0.25) is 0 Å². The zero-order chi connectivity index (χ0) is 30.5. The van der Waals surface area contributed by atoms with Crippen molar-refractivity contribution in [3.8, 4) is 22.3 Å². The predicted molar refractivity (Wildman–Crippen MR) is 192 cm³/mol. The van der Waals surface area contributed by atoms with Gasteiger partial charge in [-0.2, -0.15) is 0 Å². The van der Waals surface area contributed by atoms with Gasteiger partial charge in [-0.25, -0.2) is 0 Å². The van der Waals surface area contributed by atoms with Crippen LogP contribution in [-0.4, -0.2) is 0 Å². The fourth-order valence-corrected chi connectivity index (χ4v) is 7.46. The average Bonchev–Trinajstić information content (AvgIpc) is 3.70. The number of nitrogens with zero attached hydrogens (tertiary/aromatic N) is 2. The number of anilines is 6. The number of benzene rings is 7. The summed E-state index contributed by atoms with van der Waals surface area (Å²) in [6, 6.07) is 61.7. The van der Waals surface area contributed by atoms with E-state index in [-0.39, 0.29) is 0 Å². The number of fused-ring (bicyclic) bond motifs is 6. The van der Waals surface area contributed by atoms with Crippen molar-refractivity contribution in [2.24, 2.45) is 0 Å². The largest absolute Gasteiger partial charge is 0.310 e. The third-order valence-electron chi connectivity index (χ3n) is 9.53. The number of rotatable bonds is 6. The monoisotopic (exact) mass is 588 g/mol. The fourth-order valence-electron chi connectivity index (χ4n) is 7.46. The van der Waals surface area contributed by atoms with Gasteiger partial charge in [-0.1, -0.05) is 109 Å². The lowest BCUT2D eigenvalue weighted by Crippen LogP contribution is -2.14. The van der Waals surface area contributed by atoms with Crippen LogP contribution in [0.4, 0.5) is 34.1 Å². The molecule has 2 aliphatic carbocycles. The maximum atomic E-state index is 2.41. The van der Waals surface area contributed by atoms with Crippen molar-refractivity contribution >= 4 is 34.1 Å². The van der Waals surface area contributed by atoms with Gasteiger partial charge in [-0.15, -0.1) is 0 Å². The molecule has 0 bridgehead atoms. The highest BCUT2D eigenvalue weighted by atomic mass is 15.2. The molecule has 0 saturated carbocycles. The van der Waals surface area contributed by atoms with Crippen molar-refractivity contribution < 1.29 is 0 Å². The molecule has 0 radical (unpaired) electrons. The Morgan fingerprint density at radius 2 is 0.630 bits per heavy atom. The van der Waals surface area contributed by atoms with E-state index in [0.29, 0.717) is 0 Å². The van der Waals surface area contributed by atoms with Crippen molar-refractivity contribution in [1.82, 2.24) is 0 Å². The summed E-state index contributed by atoms with van der Waals surface area (Å²) in [5.41, 5.74) is 17.9. The van der Waals surface area contributed by atoms with Crippen molar-refractivity contribution in [2.45, 2.75) is 12.8 Å². The summed E-state index contributed by atoms with van der Waals surface area (Å²) >= 11 is 0. The van der Waals surface area contributed by atoms with Gasteiger partial charge in [0.1, 0.15) is 0 Å². The molecule has 0 atom stereocenters. The van der Waals surface area contributed by atoms with Gasteiger partial charge >= 0.3 is 0 Å². The minimum absolute atomic E-state index is 0.937. The van der Waals surface area contributed by atoms with Crippen LogP contribution in [0.1, 0.15) is 22.3 Å². The van der Waals surface area contributed by atoms with Crippen molar-refractivity contribution in [1.29, 1.82) is 0 Å².